The van der Waals surface area contributed by atoms with Crippen LogP contribution in [0.1, 0.15) is 38.3 Å². The van der Waals surface area contributed by atoms with E-state index in [-0.39, 0.29) is 23.3 Å². The van der Waals surface area contributed by atoms with Crippen LogP contribution in [0.5, 0.6) is 5.75 Å². The van der Waals surface area contributed by atoms with Gasteiger partial charge in [-0.3, -0.25) is 13.9 Å². The molecule has 0 spiro atoms. The van der Waals surface area contributed by atoms with Crippen molar-refractivity contribution in [2.45, 2.75) is 51.6 Å². The minimum atomic E-state index is -4.16. The fraction of sp³-hybridized carbons (Fsp3) is 0.355. The number of amides is 2. The predicted octanol–water partition coefficient (Wildman–Crippen LogP) is 5.43. The van der Waals surface area contributed by atoms with Crippen molar-refractivity contribution in [1.29, 1.82) is 0 Å². The Morgan fingerprint density at radius 1 is 1.00 bits per heavy atom. The number of sulfonamides is 1. The van der Waals surface area contributed by atoms with Gasteiger partial charge in [-0.15, -0.1) is 0 Å². The molecule has 3 aromatic rings. The van der Waals surface area contributed by atoms with Gasteiger partial charge in [0.05, 0.1) is 17.7 Å². The Morgan fingerprint density at radius 2 is 1.66 bits per heavy atom. The first kappa shape index (κ1) is 32.0. The van der Waals surface area contributed by atoms with E-state index in [0.717, 1.165) is 15.4 Å². The van der Waals surface area contributed by atoms with Gasteiger partial charge in [0, 0.05) is 18.1 Å². The summed E-state index contributed by atoms with van der Waals surface area (Å²) in [6.07, 6.45) is 0.347. The molecule has 41 heavy (non-hydrogen) atoms. The second kappa shape index (κ2) is 14.4. The third-order valence-corrected chi connectivity index (χ3v) is 8.59. The number of rotatable bonds is 13. The standard InChI is InChI=1S/C31H38ClN3O5S/c1-6-29(31(37)33-19-22(2)3)34(20-24-10-14-27(40-5)15-11-24)30(36)21-35(26-9-7-8-23(4)18-26)41(38,39)28-16-12-25(32)13-17-28/h7-18,22,29H,6,19-21H2,1-5H3,(H,33,37). The fourth-order valence-electron chi connectivity index (χ4n) is 4.32. The minimum absolute atomic E-state index is 0.000344. The number of nitrogens with one attached hydrogen (secondary N) is 1. The number of carbonyl (C=O) groups is 2. The highest BCUT2D eigenvalue weighted by Gasteiger charge is 2.33. The zero-order valence-corrected chi connectivity index (χ0v) is 25.7. The first-order valence-corrected chi connectivity index (χ1v) is 15.3. The summed E-state index contributed by atoms with van der Waals surface area (Å²) in [6.45, 7) is 7.72. The number of methoxy groups -OCH3 is 1. The second-order valence-electron chi connectivity index (χ2n) is 10.2. The summed E-state index contributed by atoms with van der Waals surface area (Å²) >= 11 is 6.01. The molecule has 0 aliphatic heterocycles. The molecular formula is C31H38ClN3O5S. The van der Waals surface area contributed by atoms with E-state index >= 15 is 0 Å². The van der Waals surface area contributed by atoms with Crippen LogP contribution in [0, 0.1) is 12.8 Å². The van der Waals surface area contributed by atoms with Gasteiger partial charge in [0.15, 0.2) is 0 Å². The van der Waals surface area contributed by atoms with E-state index in [1.54, 1.807) is 37.4 Å². The van der Waals surface area contributed by atoms with Crippen LogP contribution in [-0.2, 0) is 26.2 Å². The molecule has 0 heterocycles. The van der Waals surface area contributed by atoms with Crippen molar-refractivity contribution >= 4 is 39.1 Å². The normalized spacial score (nSPS) is 12.1. The van der Waals surface area contributed by atoms with E-state index in [0.29, 0.717) is 29.4 Å². The van der Waals surface area contributed by atoms with Gasteiger partial charge in [0.2, 0.25) is 11.8 Å². The highest BCUT2D eigenvalue weighted by molar-refractivity contribution is 7.92. The van der Waals surface area contributed by atoms with E-state index in [9.17, 15) is 18.0 Å². The van der Waals surface area contributed by atoms with Crippen molar-refractivity contribution in [2.24, 2.45) is 5.92 Å². The third kappa shape index (κ3) is 8.47. The fourth-order valence-corrected chi connectivity index (χ4v) is 5.85. The number of hydrogen-bond donors (Lipinski definition) is 1. The lowest BCUT2D eigenvalue weighted by atomic mass is 10.1. The molecule has 0 aliphatic rings. The molecule has 0 saturated heterocycles. The van der Waals surface area contributed by atoms with Crippen LogP contribution >= 0.6 is 11.6 Å². The molecule has 0 saturated carbocycles. The van der Waals surface area contributed by atoms with Gasteiger partial charge in [-0.2, -0.15) is 0 Å². The number of carbonyl (C=O) groups excluding carboxylic acids is 2. The van der Waals surface area contributed by atoms with Crippen LogP contribution in [0.25, 0.3) is 0 Å². The van der Waals surface area contributed by atoms with E-state index < -0.39 is 28.5 Å². The molecule has 1 atom stereocenters. The zero-order chi connectivity index (χ0) is 30.2. The van der Waals surface area contributed by atoms with Crippen molar-refractivity contribution in [3.8, 4) is 5.75 Å². The molecule has 0 aromatic heterocycles. The molecule has 0 aliphatic carbocycles. The quantitative estimate of drug-likeness (QED) is 0.283. The maximum absolute atomic E-state index is 14.1. The van der Waals surface area contributed by atoms with Gasteiger partial charge < -0.3 is 15.0 Å². The minimum Gasteiger partial charge on any atom is -0.497 e. The number of ether oxygens (including phenoxy) is 1. The Hall–Kier alpha value is -3.56. The molecule has 0 fully saturated rings. The molecule has 220 valence electrons. The summed E-state index contributed by atoms with van der Waals surface area (Å²) in [4.78, 5) is 28.9. The van der Waals surface area contributed by atoms with Gasteiger partial charge in [0.25, 0.3) is 10.0 Å². The molecule has 2 amide bonds. The summed E-state index contributed by atoms with van der Waals surface area (Å²) in [7, 11) is -2.59. The monoisotopic (exact) mass is 599 g/mol. The summed E-state index contributed by atoms with van der Waals surface area (Å²) in [6, 6.07) is 19.1. The zero-order valence-electron chi connectivity index (χ0n) is 24.1. The number of anilines is 1. The molecule has 0 bridgehead atoms. The molecule has 3 aromatic carbocycles. The van der Waals surface area contributed by atoms with Crippen LogP contribution in [0.15, 0.2) is 77.7 Å². The van der Waals surface area contributed by atoms with E-state index in [2.05, 4.69) is 5.32 Å². The Morgan fingerprint density at radius 3 is 2.22 bits per heavy atom. The predicted molar refractivity (Wildman–Crippen MR) is 163 cm³/mol. The number of halogens is 1. The Kier molecular flexibility index (Phi) is 11.2. The van der Waals surface area contributed by atoms with Crippen molar-refractivity contribution in [3.05, 3.63) is 88.9 Å². The first-order chi connectivity index (χ1) is 19.5. The topological polar surface area (TPSA) is 96.0 Å². The lowest BCUT2D eigenvalue weighted by Gasteiger charge is -2.33. The van der Waals surface area contributed by atoms with Gasteiger partial charge in [-0.1, -0.05) is 56.6 Å². The molecule has 1 N–H and O–H groups in total. The van der Waals surface area contributed by atoms with Crippen molar-refractivity contribution in [1.82, 2.24) is 10.2 Å². The molecular weight excluding hydrogens is 562 g/mol. The third-order valence-electron chi connectivity index (χ3n) is 6.55. The molecule has 10 heteroatoms. The summed E-state index contributed by atoms with van der Waals surface area (Å²) in [5, 5.41) is 3.32. The van der Waals surface area contributed by atoms with Crippen molar-refractivity contribution in [2.75, 3.05) is 24.5 Å². The number of benzene rings is 3. The highest BCUT2D eigenvalue weighted by atomic mass is 35.5. The Bertz CT molecular complexity index is 1430. The number of nitrogens with zero attached hydrogens (tertiary/aromatic N) is 2. The molecule has 8 nitrogen and oxygen atoms in total. The summed E-state index contributed by atoms with van der Waals surface area (Å²) < 4.78 is 34.2. The van der Waals surface area contributed by atoms with Crippen LogP contribution in [0.2, 0.25) is 5.02 Å². The van der Waals surface area contributed by atoms with Crippen molar-refractivity contribution < 1.29 is 22.7 Å². The average Bonchev–Trinajstić information content (AvgIpc) is 2.95. The lowest BCUT2D eigenvalue weighted by Crippen LogP contribution is -2.52. The van der Waals surface area contributed by atoms with E-state index in [1.165, 1.54) is 29.2 Å². The van der Waals surface area contributed by atoms with Gasteiger partial charge >= 0.3 is 0 Å². The maximum Gasteiger partial charge on any atom is 0.264 e. The van der Waals surface area contributed by atoms with Crippen molar-refractivity contribution in [3.63, 3.8) is 0 Å². The van der Waals surface area contributed by atoms with E-state index in [4.69, 9.17) is 16.3 Å². The lowest BCUT2D eigenvalue weighted by molar-refractivity contribution is -0.140. The smallest absolute Gasteiger partial charge is 0.264 e. The largest absolute Gasteiger partial charge is 0.497 e. The van der Waals surface area contributed by atoms with Gasteiger partial charge in [-0.05, 0) is 78.9 Å². The molecule has 1 unspecified atom stereocenters. The second-order valence-corrected chi connectivity index (χ2v) is 12.5. The van der Waals surface area contributed by atoms with Crippen LogP contribution in [0.3, 0.4) is 0 Å². The van der Waals surface area contributed by atoms with E-state index in [1.807, 2.05) is 45.9 Å². The molecule has 3 rings (SSSR count). The highest BCUT2D eigenvalue weighted by Crippen LogP contribution is 2.26. The molecule has 0 radical (unpaired) electrons. The average molecular weight is 600 g/mol. The van der Waals surface area contributed by atoms with Crippen LogP contribution in [-0.4, -0.2) is 51.4 Å². The van der Waals surface area contributed by atoms with Crippen LogP contribution in [0.4, 0.5) is 5.69 Å². The first-order valence-electron chi connectivity index (χ1n) is 13.5. The van der Waals surface area contributed by atoms with Gasteiger partial charge in [-0.25, -0.2) is 8.42 Å². The van der Waals surface area contributed by atoms with Gasteiger partial charge in [0.1, 0.15) is 18.3 Å². The maximum atomic E-state index is 14.1. The summed E-state index contributed by atoms with van der Waals surface area (Å²) in [5.74, 6) is 0.0914. The van der Waals surface area contributed by atoms with Crippen LogP contribution < -0.4 is 14.4 Å². The summed E-state index contributed by atoms with van der Waals surface area (Å²) in [5.41, 5.74) is 1.95. The SMILES string of the molecule is CCC(C(=O)NCC(C)C)N(Cc1ccc(OC)cc1)C(=O)CN(c1cccc(C)c1)S(=O)(=O)c1ccc(Cl)cc1. The Balaban J connectivity index is 2.04. The number of aryl methyl sites for hydroxylation is 1. The number of hydrogen-bond acceptors (Lipinski definition) is 5. The Labute approximate surface area is 248 Å².